The summed E-state index contributed by atoms with van der Waals surface area (Å²) in [4.78, 5) is 37.5. The molecule has 172 valence electrons. The van der Waals surface area contributed by atoms with Crippen LogP contribution in [0.3, 0.4) is 0 Å². The zero-order valence-corrected chi connectivity index (χ0v) is 17.4. The molecule has 0 spiro atoms. The molecule has 1 aromatic rings. The van der Waals surface area contributed by atoms with Crippen LogP contribution in [0.25, 0.3) is 0 Å². The predicted molar refractivity (Wildman–Crippen MR) is 105 cm³/mol. The lowest BCUT2D eigenvalue weighted by atomic mass is 10.0. The summed E-state index contributed by atoms with van der Waals surface area (Å²) >= 11 is 0. The van der Waals surface area contributed by atoms with Gasteiger partial charge in [-0.2, -0.15) is 13.2 Å². The standard InChI is InChI=1S/C21H27F3N2O5/c1-13(2)18(19(28)29)25-16(21(22,23)24)11-17(27)26-10-6-9-15(26)20(30)31-12-14-7-4-3-5-8-14/h3-5,7-8,13,15-16,18,25H,6,9-12H2,1-2H3,(H,28,29)/t15-,16?,18-/m0/s1. The Morgan fingerprint density at radius 3 is 2.42 bits per heavy atom. The molecule has 3 atom stereocenters. The number of alkyl halides is 3. The fourth-order valence-electron chi connectivity index (χ4n) is 3.46. The monoisotopic (exact) mass is 444 g/mol. The van der Waals surface area contributed by atoms with Gasteiger partial charge >= 0.3 is 18.1 Å². The molecule has 1 fully saturated rings. The minimum atomic E-state index is -4.83. The Hall–Kier alpha value is -2.62. The van der Waals surface area contributed by atoms with Crippen LogP contribution in [0, 0.1) is 5.92 Å². The van der Waals surface area contributed by atoms with Crippen LogP contribution >= 0.6 is 0 Å². The van der Waals surface area contributed by atoms with E-state index >= 15 is 0 Å². The predicted octanol–water partition coefficient (Wildman–Crippen LogP) is 2.74. The van der Waals surface area contributed by atoms with E-state index in [0.717, 1.165) is 10.5 Å². The Morgan fingerprint density at radius 1 is 1.23 bits per heavy atom. The number of benzene rings is 1. The van der Waals surface area contributed by atoms with E-state index in [-0.39, 0.29) is 13.2 Å². The Labute approximate surface area is 178 Å². The van der Waals surface area contributed by atoms with Gasteiger partial charge in [-0.25, -0.2) is 4.79 Å². The molecule has 1 saturated heterocycles. The molecule has 1 heterocycles. The summed E-state index contributed by atoms with van der Waals surface area (Å²) in [5.74, 6) is -3.59. The van der Waals surface area contributed by atoms with Gasteiger partial charge in [-0.15, -0.1) is 0 Å². The van der Waals surface area contributed by atoms with Crippen LogP contribution in [-0.2, 0) is 25.7 Å². The fourth-order valence-corrected chi connectivity index (χ4v) is 3.46. The SMILES string of the molecule is CC(C)[C@H](NC(CC(=O)N1CCC[C@H]1C(=O)OCc1ccccc1)C(F)(F)F)C(=O)O. The van der Waals surface area contributed by atoms with Gasteiger partial charge in [0.05, 0.1) is 6.42 Å². The summed E-state index contributed by atoms with van der Waals surface area (Å²) in [6.07, 6.45) is -5.07. The summed E-state index contributed by atoms with van der Waals surface area (Å²) in [5.41, 5.74) is 0.751. The normalized spacial score (nSPS) is 18.6. The van der Waals surface area contributed by atoms with E-state index in [1.54, 1.807) is 24.3 Å². The topological polar surface area (TPSA) is 95.9 Å². The average molecular weight is 444 g/mol. The molecule has 2 N–H and O–H groups in total. The minimum absolute atomic E-state index is 0.000381. The number of ether oxygens (including phenoxy) is 1. The molecular formula is C21H27F3N2O5. The zero-order chi connectivity index (χ0) is 23.2. The van der Waals surface area contributed by atoms with Crippen LogP contribution in [0.5, 0.6) is 0 Å². The molecule has 1 aromatic carbocycles. The van der Waals surface area contributed by atoms with Crippen LogP contribution in [0.2, 0.25) is 0 Å². The van der Waals surface area contributed by atoms with Crippen molar-refractivity contribution >= 4 is 17.8 Å². The van der Waals surface area contributed by atoms with Crippen LogP contribution in [-0.4, -0.2) is 58.7 Å². The van der Waals surface area contributed by atoms with Crippen LogP contribution < -0.4 is 5.32 Å². The third-order valence-corrected chi connectivity index (χ3v) is 5.16. The second-order valence-corrected chi connectivity index (χ2v) is 7.86. The molecule has 7 nitrogen and oxygen atoms in total. The number of carbonyl (C=O) groups excluding carboxylic acids is 2. The molecule has 1 unspecified atom stereocenters. The Morgan fingerprint density at radius 2 is 1.87 bits per heavy atom. The molecule has 2 rings (SSSR count). The summed E-state index contributed by atoms with van der Waals surface area (Å²) in [5, 5.41) is 11.2. The number of carboxylic acid groups (broad SMARTS) is 1. The lowest BCUT2D eigenvalue weighted by molar-refractivity contribution is -0.170. The van der Waals surface area contributed by atoms with Gasteiger partial charge in [0.25, 0.3) is 0 Å². The van der Waals surface area contributed by atoms with Crippen molar-refractivity contribution in [3.8, 4) is 0 Å². The van der Waals surface area contributed by atoms with E-state index in [1.165, 1.54) is 13.8 Å². The van der Waals surface area contributed by atoms with Gasteiger partial charge in [0, 0.05) is 6.54 Å². The molecule has 0 bridgehead atoms. The molecule has 1 aliphatic heterocycles. The molecular weight excluding hydrogens is 417 g/mol. The highest BCUT2D eigenvalue weighted by Gasteiger charge is 2.45. The van der Waals surface area contributed by atoms with Crippen molar-refractivity contribution < 1.29 is 37.4 Å². The molecule has 31 heavy (non-hydrogen) atoms. The number of aliphatic carboxylic acids is 1. The summed E-state index contributed by atoms with van der Waals surface area (Å²) in [6, 6.07) is 4.12. The molecule has 0 aromatic heterocycles. The van der Waals surface area contributed by atoms with Gasteiger partial charge < -0.3 is 14.7 Å². The van der Waals surface area contributed by atoms with Gasteiger partial charge in [-0.1, -0.05) is 44.2 Å². The van der Waals surface area contributed by atoms with Crippen molar-refractivity contribution in [1.82, 2.24) is 10.2 Å². The van der Waals surface area contributed by atoms with Crippen molar-refractivity contribution in [3.05, 3.63) is 35.9 Å². The number of hydrogen-bond donors (Lipinski definition) is 2. The van der Waals surface area contributed by atoms with E-state index in [1.807, 2.05) is 11.4 Å². The third-order valence-electron chi connectivity index (χ3n) is 5.16. The lowest BCUT2D eigenvalue weighted by Crippen LogP contribution is -2.54. The number of nitrogens with zero attached hydrogens (tertiary/aromatic N) is 1. The highest BCUT2D eigenvalue weighted by Crippen LogP contribution is 2.27. The first-order valence-electron chi connectivity index (χ1n) is 10.1. The lowest BCUT2D eigenvalue weighted by Gasteiger charge is -2.29. The van der Waals surface area contributed by atoms with E-state index in [9.17, 15) is 32.7 Å². The van der Waals surface area contributed by atoms with E-state index in [0.29, 0.717) is 12.8 Å². The average Bonchev–Trinajstić information content (AvgIpc) is 3.18. The number of rotatable bonds is 9. The highest BCUT2D eigenvalue weighted by molar-refractivity contribution is 5.85. The highest BCUT2D eigenvalue weighted by atomic mass is 19.4. The maximum absolute atomic E-state index is 13.5. The molecule has 0 saturated carbocycles. The Balaban J connectivity index is 2.04. The second kappa shape index (κ2) is 10.6. The minimum Gasteiger partial charge on any atom is -0.480 e. The van der Waals surface area contributed by atoms with Crippen molar-refractivity contribution in [1.29, 1.82) is 0 Å². The summed E-state index contributed by atoms with van der Waals surface area (Å²) in [7, 11) is 0. The maximum atomic E-state index is 13.5. The number of amides is 1. The second-order valence-electron chi connectivity index (χ2n) is 7.86. The first kappa shape index (κ1) is 24.6. The number of carboxylic acids is 1. The molecule has 0 aliphatic carbocycles. The van der Waals surface area contributed by atoms with Gasteiger partial charge in [-0.3, -0.25) is 14.9 Å². The van der Waals surface area contributed by atoms with Crippen molar-refractivity contribution in [2.75, 3.05) is 6.54 Å². The largest absolute Gasteiger partial charge is 0.480 e. The smallest absolute Gasteiger partial charge is 0.404 e. The van der Waals surface area contributed by atoms with Crippen LogP contribution in [0.1, 0.15) is 38.7 Å². The van der Waals surface area contributed by atoms with Crippen molar-refractivity contribution in [2.24, 2.45) is 5.92 Å². The van der Waals surface area contributed by atoms with Crippen molar-refractivity contribution in [2.45, 2.75) is 64.0 Å². The number of halogens is 3. The van der Waals surface area contributed by atoms with Gasteiger partial charge in [-0.05, 0) is 24.3 Å². The molecule has 1 amide bonds. The van der Waals surface area contributed by atoms with Crippen molar-refractivity contribution in [3.63, 3.8) is 0 Å². The van der Waals surface area contributed by atoms with E-state index < -0.39 is 54.5 Å². The van der Waals surface area contributed by atoms with E-state index in [4.69, 9.17) is 4.74 Å². The Bertz CT molecular complexity index is 770. The number of hydrogen-bond acceptors (Lipinski definition) is 5. The third kappa shape index (κ3) is 6.95. The molecule has 10 heteroatoms. The van der Waals surface area contributed by atoms with Crippen LogP contribution in [0.15, 0.2) is 30.3 Å². The summed E-state index contributed by atoms with van der Waals surface area (Å²) < 4.78 is 45.7. The fraction of sp³-hybridized carbons (Fsp3) is 0.571. The first-order chi connectivity index (χ1) is 14.5. The summed E-state index contributed by atoms with van der Waals surface area (Å²) in [6.45, 7) is 3.08. The zero-order valence-electron chi connectivity index (χ0n) is 17.4. The number of nitrogens with one attached hydrogen (secondary N) is 1. The van der Waals surface area contributed by atoms with E-state index in [2.05, 4.69) is 0 Å². The molecule has 1 aliphatic rings. The van der Waals surface area contributed by atoms with Crippen LogP contribution in [0.4, 0.5) is 13.2 Å². The van der Waals surface area contributed by atoms with Gasteiger partial charge in [0.2, 0.25) is 5.91 Å². The number of carbonyl (C=O) groups is 3. The molecule has 0 radical (unpaired) electrons. The number of esters is 1. The number of likely N-dealkylation sites (tertiary alicyclic amines) is 1. The van der Waals surface area contributed by atoms with Gasteiger partial charge in [0.15, 0.2) is 0 Å². The Kier molecular flexibility index (Phi) is 8.43. The quantitative estimate of drug-likeness (QED) is 0.569. The maximum Gasteiger partial charge on any atom is 0.404 e. The first-order valence-corrected chi connectivity index (χ1v) is 10.1. The van der Waals surface area contributed by atoms with Gasteiger partial charge in [0.1, 0.15) is 24.7 Å².